The predicted octanol–water partition coefficient (Wildman–Crippen LogP) is 3.14. The van der Waals surface area contributed by atoms with Crippen LogP contribution in [0.2, 0.25) is 0 Å². The molecule has 2 aromatic rings. The molecule has 1 aliphatic rings. The van der Waals surface area contributed by atoms with Crippen LogP contribution in [-0.2, 0) is 17.8 Å². The summed E-state index contributed by atoms with van der Waals surface area (Å²) >= 11 is 3.55. The van der Waals surface area contributed by atoms with E-state index >= 15 is 0 Å². The Labute approximate surface area is 149 Å². The number of aromatic nitrogens is 1. The third-order valence-corrected chi connectivity index (χ3v) is 5.41. The van der Waals surface area contributed by atoms with E-state index in [1.165, 1.54) is 11.1 Å². The largest absolute Gasteiger partial charge is 0.479 e. The fraction of sp³-hybridized carbons (Fsp3) is 0.333. The van der Waals surface area contributed by atoms with Gasteiger partial charge >= 0.3 is 5.97 Å². The highest BCUT2D eigenvalue weighted by Crippen LogP contribution is 2.39. The maximum atomic E-state index is 11.4. The minimum absolute atomic E-state index is 0.361. The number of hydrogen-bond acceptors (Lipinski definition) is 4. The van der Waals surface area contributed by atoms with Gasteiger partial charge in [0.1, 0.15) is 0 Å². The molecule has 1 aromatic carbocycles. The van der Waals surface area contributed by atoms with Gasteiger partial charge in [-0.15, -0.1) is 0 Å². The van der Waals surface area contributed by atoms with Gasteiger partial charge < -0.3 is 15.1 Å². The molecule has 6 heteroatoms. The summed E-state index contributed by atoms with van der Waals surface area (Å²) in [5.41, 5.74) is 4.94. The van der Waals surface area contributed by atoms with Crippen molar-refractivity contribution in [2.45, 2.75) is 32.9 Å². The minimum atomic E-state index is -1.60. The van der Waals surface area contributed by atoms with Crippen molar-refractivity contribution in [3.05, 3.63) is 56.8 Å². The fourth-order valence-electron chi connectivity index (χ4n) is 3.27. The molecular formula is C18H19BrN2O3. The van der Waals surface area contributed by atoms with Crippen LogP contribution >= 0.6 is 15.9 Å². The molecule has 3 rings (SSSR count). The van der Waals surface area contributed by atoms with Crippen LogP contribution < -0.4 is 4.90 Å². The predicted molar refractivity (Wildman–Crippen MR) is 95.2 cm³/mol. The van der Waals surface area contributed by atoms with Gasteiger partial charge in [-0.05, 0) is 47.3 Å². The smallest absolute Gasteiger partial charge is 0.337 e. The third kappa shape index (κ3) is 2.91. The molecule has 1 unspecified atom stereocenters. The zero-order valence-corrected chi connectivity index (χ0v) is 15.2. The van der Waals surface area contributed by atoms with E-state index < -0.39 is 12.1 Å². The number of aryl methyl sites for hydroxylation is 2. The summed E-state index contributed by atoms with van der Waals surface area (Å²) in [7, 11) is 0. The number of halogens is 1. The van der Waals surface area contributed by atoms with E-state index in [2.05, 4.69) is 37.9 Å². The van der Waals surface area contributed by atoms with Gasteiger partial charge in [-0.3, -0.25) is 4.98 Å². The van der Waals surface area contributed by atoms with Crippen molar-refractivity contribution < 1.29 is 15.0 Å². The van der Waals surface area contributed by atoms with E-state index in [1.807, 2.05) is 19.1 Å². The standard InChI is InChI=1S/C18H19BrN2O3/c1-10-14(17(22)18(23)24)16(15(19)11(2)20-10)21-8-7-12-5-3-4-6-13(12)9-21/h3-6,17,22H,7-9H2,1-2H3,(H,23,24). The summed E-state index contributed by atoms with van der Waals surface area (Å²) in [4.78, 5) is 17.9. The number of anilines is 1. The third-order valence-electron chi connectivity index (χ3n) is 4.46. The lowest BCUT2D eigenvalue weighted by molar-refractivity contribution is -0.147. The molecular weight excluding hydrogens is 372 g/mol. The normalized spacial score (nSPS) is 15.1. The molecule has 0 spiro atoms. The SMILES string of the molecule is Cc1nc(C)c(C(O)C(=O)O)c(N2CCc3ccccc3C2)c1Br. The summed E-state index contributed by atoms with van der Waals surface area (Å²) < 4.78 is 0.739. The quantitative estimate of drug-likeness (QED) is 0.841. The first kappa shape index (κ1) is 16.9. The average molecular weight is 391 g/mol. The van der Waals surface area contributed by atoms with Gasteiger partial charge in [0.15, 0.2) is 6.10 Å². The Balaban J connectivity index is 2.12. The summed E-state index contributed by atoms with van der Waals surface area (Å²) in [5, 5.41) is 19.5. The molecule has 0 saturated heterocycles. The van der Waals surface area contributed by atoms with Crippen molar-refractivity contribution in [3.8, 4) is 0 Å². The van der Waals surface area contributed by atoms with E-state index in [1.54, 1.807) is 6.92 Å². The van der Waals surface area contributed by atoms with Crippen LogP contribution in [0.3, 0.4) is 0 Å². The van der Waals surface area contributed by atoms with E-state index in [0.717, 1.165) is 28.8 Å². The molecule has 0 saturated carbocycles. The average Bonchev–Trinajstić information content (AvgIpc) is 2.56. The molecule has 0 amide bonds. The van der Waals surface area contributed by atoms with Crippen molar-refractivity contribution in [1.82, 2.24) is 4.98 Å². The van der Waals surface area contributed by atoms with Crippen molar-refractivity contribution in [1.29, 1.82) is 0 Å². The van der Waals surface area contributed by atoms with Crippen molar-refractivity contribution >= 4 is 27.6 Å². The fourth-order valence-corrected chi connectivity index (χ4v) is 3.82. The maximum Gasteiger partial charge on any atom is 0.337 e. The zero-order valence-electron chi connectivity index (χ0n) is 13.6. The number of aliphatic carboxylic acids is 1. The first-order valence-corrected chi connectivity index (χ1v) is 8.58. The number of hydrogen-bond donors (Lipinski definition) is 2. The lowest BCUT2D eigenvalue weighted by Gasteiger charge is -2.34. The number of carboxylic acid groups (broad SMARTS) is 1. The Kier molecular flexibility index (Phi) is 4.60. The molecule has 0 fully saturated rings. The van der Waals surface area contributed by atoms with Gasteiger partial charge in [0.05, 0.1) is 15.9 Å². The Morgan fingerprint density at radius 2 is 1.92 bits per heavy atom. The summed E-state index contributed by atoms with van der Waals surface area (Å²) in [5.74, 6) is -1.27. The Morgan fingerprint density at radius 3 is 2.58 bits per heavy atom. The molecule has 0 radical (unpaired) electrons. The highest BCUT2D eigenvalue weighted by molar-refractivity contribution is 9.10. The van der Waals surface area contributed by atoms with Gasteiger partial charge in [-0.2, -0.15) is 0 Å². The number of fused-ring (bicyclic) bond motifs is 1. The van der Waals surface area contributed by atoms with E-state index in [4.69, 9.17) is 0 Å². The van der Waals surface area contributed by atoms with Crippen LogP contribution in [-0.4, -0.2) is 27.7 Å². The highest BCUT2D eigenvalue weighted by Gasteiger charge is 2.29. The van der Waals surface area contributed by atoms with Gasteiger partial charge in [-0.25, -0.2) is 4.79 Å². The van der Waals surface area contributed by atoms with Gasteiger partial charge in [0, 0.05) is 24.3 Å². The number of nitrogens with zero attached hydrogens (tertiary/aromatic N) is 2. The van der Waals surface area contributed by atoms with Gasteiger partial charge in [-0.1, -0.05) is 24.3 Å². The molecule has 1 aliphatic heterocycles. The van der Waals surface area contributed by atoms with Crippen LogP contribution in [0.1, 0.15) is 34.2 Å². The molecule has 126 valence electrons. The zero-order chi connectivity index (χ0) is 17.4. The number of carbonyl (C=O) groups is 1. The molecule has 0 bridgehead atoms. The summed E-state index contributed by atoms with van der Waals surface area (Å²) in [6, 6.07) is 8.25. The van der Waals surface area contributed by atoms with E-state index in [9.17, 15) is 15.0 Å². The maximum absolute atomic E-state index is 11.4. The molecule has 2 N–H and O–H groups in total. The minimum Gasteiger partial charge on any atom is -0.479 e. The highest BCUT2D eigenvalue weighted by atomic mass is 79.9. The van der Waals surface area contributed by atoms with Gasteiger partial charge in [0.2, 0.25) is 0 Å². The Bertz CT molecular complexity index is 807. The molecule has 1 atom stereocenters. The number of benzene rings is 1. The van der Waals surface area contributed by atoms with Crippen LogP contribution in [0.5, 0.6) is 0 Å². The number of pyridine rings is 1. The van der Waals surface area contributed by atoms with Crippen LogP contribution in [0, 0.1) is 13.8 Å². The second-order valence-electron chi connectivity index (χ2n) is 6.04. The number of aliphatic hydroxyl groups is 1. The monoisotopic (exact) mass is 390 g/mol. The van der Waals surface area contributed by atoms with E-state index in [-0.39, 0.29) is 0 Å². The van der Waals surface area contributed by atoms with Crippen LogP contribution in [0.25, 0.3) is 0 Å². The molecule has 5 nitrogen and oxygen atoms in total. The second-order valence-corrected chi connectivity index (χ2v) is 6.83. The first-order valence-electron chi connectivity index (χ1n) is 7.79. The molecule has 0 aliphatic carbocycles. The lowest BCUT2D eigenvalue weighted by Crippen LogP contribution is -2.33. The number of carboxylic acids is 1. The Hall–Kier alpha value is -1.92. The molecule has 24 heavy (non-hydrogen) atoms. The lowest BCUT2D eigenvalue weighted by atomic mass is 9.97. The topological polar surface area (TPSA) is 73.7 Å². The second kappa shape index (κ2) is 6.53. The van der Waals surface area contributed by atoms with Crippen LogP contribution in [0.15, 0.2) is 28.7 Å². The first-order chi connectivity index (χ1) is 11.4. The van der Waals surface area contributed by atoms with E-state index in [0.29, 0.717) is 17.8 Å². The summed E-state index contributed by atoms with van der Waals surface area (Å²) in [6.07, 6.45) is -0.715. The van der Waals surface area contributed by atoms with Gasteiger partial charge in [0.25, 0.3) is 0 Å². The molecule has 1 aromatic heterocycles. The Morgan fingerprint density at radius 1 is 1.25 bits per heavy atom. The summed E-state index contributed by atoms with van der Waals surface area (Å²) in [6.45, 7) is 5.05. The van der Waals surface area contributed by atoms with Crippen molar-refractivity contribution in [3.63, 3.8) is 0 Å². The molecule has 2 heterocycles. The van der Waals surface area contributed by atoms with Crippen LogP contribution in [0.4, 0.5) is 5.69 Å². The number of aliphatic hydroxyl groups excluding tert-OH is 1. The van der Waals surface area contributed by atoms with Crippen molar-refractivity contribution in [2.24, 2.45) is 0 Å². The van der Waals surface area contributed by atoms with Crippen molar-refractivity contribution in [2.75, 3.05) is 11.4 Å². The number of rotatable bonds is 3.